The summed E-state index contributed by atoms with van der Waals surface area (Å²) in [4.78, 5) is 13.2. The van der Waals surface area contributed by atoms with E-state index in [9.17, 15) is 0 Å². The summed E-state index contributed by atoms with van der Waals surface area (Å²) in [6.45, 7) is 5.53. The molecule has 1 fully saturated rings. The van der Waals surface area contributed by atoms with E-state index in [1.54, 1.807) is 12.5 Å². The van der Waals surface area contributed by atoms with Gasteiger partial charge in [0.1, 0.15) is 12.1 Å². The number of rotatable bonds is 4. The van der Waals surface area contributed by atoms with Crippen molar-refractivity contribution in [3.8, 4) is 0 Å². The Morgan fingerprint density at radius 3 is 2.96 bits per heavy atom. The van der Waals surface area contributed by atoms with Gasteiger partial charge in [-0.05, 0) is 18.9 Å². The molecule has 0 unspecified atom stereocenters. The first kappa shape index (κ1) is 15.5. The molecular weight excluding hydrogens is 304 g/mol. The quantitative estimate of drug-likeness (QED) is 0.843. The molecule has 2 aliphatic heterocycles. The van der Waals surface area contributed by atoms with Crippen LogP contribution in [0.25, 0.3) is 0 Å². The molecule has 0 radical (unpaired) electrons. The minimum absolute atomic E-state index is 0.542. The standard InChI is InChI=1S/C17H24N6O/c1-21(17-2-5-18-13-19-17)15-3-6-22(7-4-15)11-14-10-20-23-8-9-24-12-16(14)23/h2,5,10,13,15H,3-4,6-9,11-12H2,1H3. The van der Waals surface area contributed by atoms with Crippen molar-refractivity contribution in [1.82, 2.24) is 24.6 Å². The second-order valence-electron chi connectivity index (χ2n) is 6.58. The minimum atomic E-state index is 0.542. The molecule has 1 saturated heterocycles. The Bertz CT molecular complexity index is 665. The molecule has 4 heterocycles. The highest BCUT2D eigenvalue weighted by Crippen LogP contribution is 2.22. The van der Waals surface area contributed by atoms with Crippen molar-refractivity contribution in [2.45, 2.75) is 38.6 Å². The molecule has 0 aromatic carbocycles. The van der Waals surface area contributed by atoms with Crippen molar-refractivity contribution in [3.63, 3.8) is 0 Å². The number of likely N-dealkylation sites (tertiary alicyclic amines) is 1. The molecule has 2 aliphatic rings. The largest absolute Gasteiger partial charge is 0.373 e. The Morgan fingerprint density at radius 2 is 2.17 bits per heavy atom. The first-order valence-corrected chi connectivity index (χ1v) is 8.64. The Kier molecular flexibility index (Phi) is 4.44. The topological polar surface area (TPSA) is 59.3 Å². The fourth-order valence-electron chi connectivity index (χ4n) is 3.65. The van der Waals surface area contributed by atoms with Gasteiger partial charge in [0, 0.05) is 44.5 Å². The van der Waals surface area contributed by atoms with Gasteiger partial charge < -0.3 is 9.64 Å². The van der Waals surface area contributed by atoms with Gasteiger partial charge in [0.25, 0.3) is 0 Å². The van der Waals surface area contributed by atoms with Gasteiger partial charge in [0.15, 0.2) is 0 Å². The monoisotopic (exact) mass is 328 g/mol. The Labute approximate surface area is 142 Å². The predicted octanol–water partition coefficient (Wildman–Crippen LogP) is 1.30. The number of nitrogens with zero attached hydrogens (tertiary/aromatic N) is 6. The Hall–Kier alpha value is -1.99. The van der Waals surface area contributed by atoms with Gasteiger partial charge in [-0.3, -0.25) is 9.58 Å². The van der Waals surface area contributed by atoms with E-state index in [0.717, 1.165) is 51.4 Å². The van der Waals surface area contributed by atoms with E-state index < -0.39 is 0 Å². The highest BCUT2D eigenvalue weighted by atomic mass is 16.5. The molecular formula is C17H24N6O. The number of anilines is 1. The summed E-state index contributed by atoms with van der Waals surface area (Å²) >= 11 is 0. The molecule has 0 amide bonds. The van der Waals surface area contributed by atoms with Crippen molar-refractivity contribution in [1.29, 1.82) is 0 Å². The van der Waals surface area contributed by atoms with Crippen LogP contribution < -0.4 is 4.90 Å². The summed E-state index contributed by atoms with van der Waals surface area (Å²) in [6.07, 6.45) is 7.75. The van der Waals surface area contributed by atoms with E-state index in [0.29, 0.717) is 12.6 Å². The van der Waals surface area contributed by atoms with E-state index >= 15 is 0 Å². The zero-order valence-corrected chi connectivity index (χ0v) is 14.1. The highest BCUT2D eigenvalue weighted by Gasteiger charge is 2.25. The molecule has 7 nitrogen and oxygen atoms in total. The van der Waals surface area contributed by atoms with Crippen LogP contribution in [0, 0.1) is 0 Å². The lowest BCUT2D eigenvalue weighted by molar-refractivity contribution is 0.0784. The molecule has 0 spiro atoms. The van der Waals surface area contributed by atoms with E-state index in [1.807, 2.05) is 12.3 Å². The maximum Gasteiger partial charge on any atom is 0.131 e. The van der Waals surface area contributed by atoms with Gasteiger partial charge >= 0.3 is 0 Å². The number of piperidine rings is 1. The van der Waals surface area contributed by atoms with Crippen LogP contribution in [-0.2, 0) is 24.4 Å². The van der Waals surface area contributed by atoms with Gasteiger partial charge in [0.05, 0.1) is 31.6 Å². The average Bonchev–Trinajstić information content (AvgIpc) is 3.06. The zero-order chi connectivity index (χ0) is 16.4. The molecule has 0 bridgehead atoms. The fourth-order valence-corrected chi connectivity index (χ4v) is 3.65. The number of aromatic nitrogens is 4. The summed E-state index contributed by atoms with van der Waals surface area (Å²) in [7, 11) is 2.13. The van der Waals surface area contributed by atoms with Gasteiger partial charge in [-0.25, -0.2) is 9.97 Å². The number of hydrogen-bond donors (Lipinski definition) is 0. The second kappa shape index (κ2) is 6.86. The summed E-state index contributed by atoms with van der Waals surface area (Å²) < 4.78 is 7.68. The van der Waals surface area contributed by atoms with E-state index in [4.69, 9.17) is 4.74 Å². The average molecular weight is 328 g/mol. The number of fused-ring (bicyclic) bond motifs is 1. The first-order valence-electron chi connectivity index (χ1n) is 8.64. The molecule has 0 aliphatic carbocycles. The second-order valence-corrected chi connectivity index (χ2v) is 6.58. The van der Waals surface area contributed by atoms with Crippen LogP contribution in [0.5, 0.6) is 0 Å². The van der Waals surface area contributed by atoms with Crippen LogP contribution in [0.2, 0.25) is 0 Å². The Morgan fingerprint density at radius 1 is 1.29 bits per heavy atom. The maximum atomic E-state index is 5.58. The minimum Gasteiger partial charge on any atom is -0.373 e. The third-order valence-electron chi connectivity index (χ3n) is 5.15. The zero-order valence-electron chi connectivity index (χ0n) is 14.1. The SMILES string of the molecule is CN(c1ccncn1)C1CCN(Cc2cnn3c2COCC3)CC1. The molecule has 7 heteroatoms. The van der Waals surface area contributed by atoms with Crippen LogP contribution in [0.4, 0.5) is 5.82 Å². The van der Waals surface area contributed by atoms with Crippen molar-refractivity contribution in [2.24, 2.45) is 0 Å². The molecule has 0 atom stereocenters. The molecule has 24 heavy (non-hydrogen) atoms. The van der Waals surface area contributed by atoms with Crippen molar-refractivity contribution < 1.29 is 4.74 Å². The Balaban J connectivity index is 1.34. The molecule has 0 N–H and O–H groups in total. The molecule has 0 saturated carbocycles. The third-order valence-corrected chi connectivity index (χ3v) is 5.15. The molecule has 2 aromatic heterocycles. The normalized spacial score (nSPS) is 19.2. The van der Waals surface area contributed by atoms with Gasteiger partial charge in [-0.15, -0.1) is 0 Å². The first-order chi connectivity index (χ1) is 11.8. The van der Waals surface area contributed by atoms with Gasteiger partial charge in [-0.2, -0.15) is 5.10 Å². The van der Waals surface area contributed by atoms with Crippen LogP contribution in [0.15, 0.2) is 24.8 Å². The summed E-state index contributed by atoms with van der Waals surface area (Å²) in [5, 5.41) is 4.49. The fraction of sp³-hybridized carbons (Fsp3) is 0.588. The van der Waals surface area contributed by atoms with Crippen LogP contribution in [0.1, 0.15) is 24.1 Å². The van der Waals surface area contributed by atoms with Crippen molar-refractivity contribution in [3.05, 3.63) is 36.0 Å². The molecule has 128 valence electrons. The van der Waals surface area contributed by atoms with Crippen LogP contribution >= 0.6 is 0 Å². The van der Waals surface area contributed by atoms with Crippen LogP contribution in [0.3, 0.4) is 0 Å². The van der Waals surface area contributed by atoms with Crippen molar-refractivity contribution >= 4 is 5.82 Å². The summed E-state index contributed by atoms with van der Waals surface area (Å²) in [5.41, 5.74) is 2.57. The number of hydrogen-bond acceptors (Lipinski definition) is 6. The van der Waals surface area contributed by atoms with Crippen molar-refractivity contribution in [2.75, 3.05) is 31.6 Å². The molecule has 4 rings (SSSR count). The van der Waals surface area contributed by atoms with Gasteiger partial charge in [0.2, 0.25) is 0 Å². The van der Waals surface area contributed by atoms with E-state index in [1.165, 1.54) is 11.3 Å². The summed E-state index contributed by atoms with van der Waals surface area (Å²) in [5.74, 6) is 1.01. The lowest BCUT2D eigenvalue weighted by Gasteiger charge is -2.37. The maximum absolute atomic E-state index is 5.58. The third kappa shape index (κ3) is 3.14. The smallest absolute Gasteiger partial charge is 0.131 e. The van der Waals surface area contributed by atoms with Crippen LogP contribution in [-0.4, -0.2) is 57.4 Å². The highest BCUT2D eigenvalue weighted by molar-refractivity contribution is 5.36. The molecule has 2 aromatic rings. The van der Waals surface area contributed by atoms with E-state index in [2.05, 4.69) is 36.6 Å². The lowest BCUT2D eigenvalue weighted by Crippen LogP contribution is -2.43. The summed E-state index contributed by atoms with van der Waals surface area (Å²) in [6, 6.07) is 2.52. The predicted molar refractivity (Wildman–Crippen MR) is 90.6 cm³/mol. The van der Waals surface area contributed by atoms with Gasteiger partial charge in [-0.1, -0.05) is 0 Å². The van der Waals surface area contributed by atoms with E-state index in [-0.39, 0.29) is 0 Å². The number of ether oxygens (including phenoxy) is 1. The lowest BCUT2D eigenvalue weighted by atomic mass is 10.0.